The molecular weight excluding hydrogens is 438 g/mol. The van der Waals surface area contributed by atoms with Crippen LogP contribution in [0.25, 0.3) is 16.8 Å². The summed E-state index contributed by atoms with van der Waals surface area (Å²) in [6.45, 7) is 1.74. The minimum atomic E-state index is -0.491. The number of aromatic nitrogens is 4. The van der Waals surface area contributed by atoms with Crippen molar-refractivity contribution in [1.82, 2.24) is 30.2 Å². The molecule has 0 unspecified atom stereocenters. The molecule has 6 rings (SSSR count). The highest BCUT2D eigenvalue weighted by Crippen LogP contribution is 2.35. The predicted octanol–water partition coefficient (Wildman–Crippen LogP) is 1.53. The number of hydrogen-bond acceptors (Lipinski definition) is 8. The third kappa shape index (κ3) is 4.20. The number of anilines is 1. The van der Waals surface area contributed by atoms with Gasteiger partial charge in [0, 0.05) is 31.0 Å². The highest BCUT2D eigenvalue weighted by molar-refractivity contribution is 5.81. The van der Waals surface area contributed by atoms with Crippen LogP contribution in [0.4, 0.5) is 10.6 Å². The monoisotopic (exact) mass is 463 g/mol. The first kappa shape index (κ1) is 20.7. The largest absolute Gasteiger partial charge is 0.474 e. The Hall–Kier alpha value is -3.89. The molecule has 0 aromatic carbocycles. The van der Waals surface area contributed by atoms with Crippen LogP contribution in [-0.2, 0) is 9.53 Å². The van der Waals surface area contributed by atoms with Gasteiger partial charge in [-0.1, -0.05) is 0 Å². The second-order valence-electron chi connectivity index (χ2n) is 8.90. The minimum Gasteiger partial charge on any atom is -0.474 e. The summed E-state index contributed by atoms with van der Waals surface area (Å²) in [7, 11) is 0. The zero-order valence-electron chi connectivity index (χ0n) is 18.5. The number of alkyl carbamates (subject to hydrolysis) is 1. The van der Waals surface area contributed by atoms with Crippen LogP contribution in [0.1, 0.15) is 25.7 Å². The number of carbonyl (C=O) groups is 2. The van der Waals surface area contributed by atoms with Crippen LogP contribution in [-0.4, -0.2) is 69.5 Å². The van der Waals surface area contributed by atoms with E-state index in [0.717, 1.165) is 48.4 Å². The Balaban J connectivity index is 1.16. The SMILES string of the molecule is O=C1C[C@H](OC(=O)N[C@@H]2CCN(c3ccn4ncc(-c5cccnc5OC5CC5)c4n3)C2)CN1. The maximum Gasteiger partial charge on any atom is 0.407 e. The summed E-state index contributed by atoms with van der Waals surface area (Å²) in [5.74, 6) is 1.32. The Kier molecular flexibility index (Phi) is 5.16. The average molecular weight is 463 g/mol. The van der Waals surface area contributed by atoms with Crippen LogP contribution in [0, 0.1) is 0 Å². The highest BCUT2D eigenvalue weighted by Gasteiger charge is 2.29. The van der Waals surface area contributed by atoms with E-state index in [4.69, 9.17) is 14.5 Å². The van der Waals surface area contributed by atoms with Gasteiger partial charge in [-0.3, -0.25) is 4.79 Å². The number of nitrogens with one attached hydrogen (secondary N) is 2. The van der Waals surface area contributed by atoms with E-state index in [9.17, 15) is 9.59 Å². The number of fused-ring (bicyclic) bond motifs is 1. The van der Waals surface area contributed by atoms with Gasteiger partial charge in [0.15, 0.2) is 5.65 Å². The van der Waals surface area contributed by atoms with E-state index in [1.165, 1.54) is 0 Å². The van der Waals surface area contributed by atoms with Crippen molar-refractivity contribution in [2.75, 3.05) is 24.5 Å². The zero-order chi connectivity index (χ0) is 23.1. The molecule has 34 heavy (non-hydrogen) atoms. The van der Waals surface area contributed by atoms with Crippen LogP contribution in [0.15, 0.2) is 36.8 Å². The van der Waals surface area contributed by atoms with Gasteiger partial charge in [0.1, 0.15) is 18.0 Å². The van der Waals surface area contributed by atoms with Crippen molar-refractivity contribution in [3.63, 3.8) is 0 Å². The Morgan fingerprint density at radius 2 is 2.09 bits per heavy atom. The van der Waals surface area contributed by atoms with E-state index < -0.39 is 12.2 Å². The van der Waals surface area contributed by atoms with Gasteiger partial charge in [-0.05, 0) is 37.5 Å². The molecule has 11 nitrogen and oxygen atoms in total. The molecule has 1 saturated carbocycles. The summed E-state index contributed by atoms with van der Waals surface area (Å²) >= 11 is 0. The fraction of sp³-hybridized carbons (Fsp3) is 0.435. The lowest BCUT2D eigenvalue weighted by Crippen LogP contribution is -2.39. The number of carbonyl (C=O) groups excluding carboxylic acids is 2. The van der Waals surface area contributed by atoms with Crippen LogP contribution in [0.2, 0.25) is 0 Å². The third-order valence-corrected chi connectivity index (χ3v) is 6.27. The number of amides is 2. The summed E-state index contributed by atoms with van der Waals surface area (Å²) in [6, 6.07) is 5.73. The molecule has 0 radical (unpaired) electrons. The minimum absolute atomic E-state index is 0.0585. The number of nitrogens with zero attached hydrogens (tertiary/aromatic N) is 5. The molecule has 2 amide bonds. The zero-order valence-corrected chi connectivity index (χ0v) is 18.5. The summed E-state index contributed by atoms with van der Waals surface area (Å²) < 4.78 is 13.1. The van der Waals surface area contributed by atoms with E-state index in [1.807, 2.05) is 24.4 Å². The van der Waals surface area contributed by atoms with Gasteiger partial charge >= 0.3 is 6.09 Å². The van der Waals surface area contributed by atoms with Crippen molar-refractivity contribution < 1.29 is 19.1 Å². The Morgan fingerprint density at radius 3 is 2.91 bits per heavy atom. The third-order valence-electron chi connectivity index (χ3n) is 6.27. The molecule has 2 atom stereocenters. The van der Waals surface area contributed by atoms with E-state index in [-0.39, 0.29) is 24.5 Å². The molecular formula is C23H25N7O4. The Morgan fingerprint density at radius 1 is 1.18 bits per heavy atom. The molecule has 2 aliphatic heterocycles. The predicted molar refractivity (Wildman–Crippen MR) is 122 cm³/mol. The van der Waals surface area contributed by atoms with Gasteiger partial charge in [0.05, 0.1) is 30.8 Å². The molecule has 3 aliphatic rings. The number of hydrogen-bond donors (Lipinski definition) is 2. The van der Waals surface area contributed by atoms with Crippen molar-refractivity contribution >= 4 is 23.5 Å². The maximum absolute atomic E-state index is 12.2. The molecule has 0 spiro atoms. The standard InChI is InChI=1S/C23H25N7O4/c31-20-10-16(11-25-20)34-23(32)27-14-5-8-29(13-14)19-6-9-30-21(28-19)18(12-26-30)17-2-1-7-24-22(17)33-15-3-4-15/h1-2,6-7,9,12,14-16H,3-5,8,10-11,13H2,(H,25,31)(H,27,32)/t14-,16+/m1/s1. The number of pyridine rings is 1. The molecule has 3 aromatic rings. The molecule has 3 aromatic heterocycles. The number of rotatable bonds is 6. The van der Waals surface area contributed by atoms with Crippen LogP contribution in [0.3, 0.4) is 0 Å². The quantitative estimate of drug-likeness (QED) is 0.564. The molecule has 2 saturated heterocycles. The summed E-state index contributed by atoms with van der Waals surface area (Å²) in [6.07, 6.45) is 7.85. The molecule has 176 valence electrons. The number of ether oxygens (including phenoxy) is 2. The first-order chi connectivity index (χ1) is 16.6. The van der Waals surface area contributed by atoms with Crippen molar-refractivity contribution in [1.29, 1.82) is 0 Å². The second-order valence-corrected chi connectivity index (χ2v) is 8.90. The van der Waals surface area contributed by atoms with E-state index in [1.54, 1.807) is 16.9 Å². The Bertz CT molecular complexity index is 1240. The van der Waals surface area contributed by atoms with Crippen molar-refractivity contribution in [3.05, 3.63) is 36.8 Å². The molecule has 11 heteroatoms. The van der Waals surface area contributed by atoms with Gasteiger partial charge in [0.2, 0.25) is 11.8 Å². The molecule has 0 bridgehead atoms. The lowest BCUT2D eigenvalue weighted by atomic mass is 10.1. The van der Waals surface area contributed by atoms with Gasteiger partial charge in [-0.25, -0.2) is 19.3 Å². The molecule has 3 fully saturated rings. The Labute approximate surface area is 195 Å². The first-order valence-corrected chi connectivity index (χ1v) is 11.6. The lowest BCUT2D eigenvalue weighted by Gasteiger charge is -2.19. The lowest BCUT2D eigenvalue weighted by molar-refractivity contribution is -0.119. The van der Waals surface area contributed by atoms with Crippen molar-refractivity contribution in [2.24, 2.45) is 0 Å². The van der Waals surface area contributed by atoms with Gasteiger partial charge in [-0.15, -0.1) is 0 Å². The molecule has 5 heterocycles. The van der Waals surface area contributed by atoms with E-state index in [2.05, 4.69) is 25.6 Å². The van der Waals surface area contributed by atoms with Crippen molar-refractivity contribution in [2.45, 2.75) is 43.9 Å². The van der Waals surface area contributed by atoms with Crippen LogP contribution in [0.5, 0.6) is 5.88 Å². The van der Waals surface area contributed by atoms with Gasteiger partial charge < -0.3 is 25.0 Å². The first-order valence-electron chi connectivity index (χ1n) is 11.6. The van der Waals surface area contributed by atoms with Crippen LogP contribution < -0.4 is 20.3 Å². The summed E-state index contributed by atoms with van der Waals surface area (Å²) in [5, 5.41) is 10.0. The van der Waals surface area contributed by atoms with Gasteiger partial charge in [-0.2, -0.15) is 5.10 Å². The topological polar surface area (TPSA) is 123 Å². The molecule has 1 aliphatic carbocycles. The van der Waals surface area contributed by atoms with Crippen LogP contribution >= 0.6 is 0 Å². The van der Waals surface area contributed by atoms with E-state index >= 15 is 0 Å². The fourth-order valence-electron chi connectivity index (χ4n) is 4.36. The summed E-state index contributed by atoms with van der Waals surface area (Å²) in [4.78, 5) is 35.0. The van der Waals surface area contributed by atoms with Crippen molar-refractivity contribution in [3.8, 4) is 17.0 Å². The fourth-order valence-corrected chi connectivity index (χ4v) is 4.36. The maximum atomic E-state index is 12.2. The smallest absolute Gasteiger partial charge is 0.407 e. The highest BCUT2D eigenvalue weighted by atomic mass is 16.6. The second kappa shape index (κ2) is 8.47. The van der Waals surface area contributed by atoms with E-state index in [0.29, 0.717) is 19.0 Å². The van der Waals surface area contributed by atoms with Gasteiger partial charge in [0.25, 0.3) is 0 Å². The average Bonchev–Trinajstić information content (AvgIpc) is 3.19. The molecule has 2 N–H and O–H groups in total. The normalized spacial score (nSPS) is 22.1. The summed E-state index contributed by atoms with van der Waals surface area (Å²) in [5.41, 5.74) is 2.46.